The Morgan fingerprint density at radius 1 is 0.575 bits per heavy atom. The average Bonchev–Trinajstić information content (AvgIpc) is 2.76. The van der Waals surface area contributed by atoms with Crippen molar-refractivity contribution in [3.05, 3.63) is 57.1 Å². The molecular formula is C34H52F2N2O2. The molecule has 0 saturated carbocycles. The van der Waals surface area contributed by atoms with Crippen molar-refractivity contribution >= 4 is 0 Å². The van der Waals surface area contributed by atoms with E-state index in [-0.39, 0.29) is 47.1 Å². The molecule has 224 valence electrons. The van der Waals surface area contributed by atoms with Gasteiger partial charge in [0, 0.05) is 48.4 Å². The number of aromatic hydroxyl groups is 2. The summed E-state index contributed by atoms with van der Waals surface area (Å²) in [6, 6.07) is 3.63. The molecule has 2 aromatic rings. The van der Waals surface area contributed by atoms with E-state index in [0.717, 1.165) is 30.6 Å². The van der Waals surface area contributed by atoms with Crippen molar-refractivity contribution in [3.63, 3.8) is 0 Å². The van der Waals surface area contributed by atoms with Crippen LogP contribution in [0.3, 0.4) is 0 Å². The number of halogens is 2. The van der Waals surface area contributed by atoms with Crippen LogP contribution in [-0.2, 0) is 34.7 Å². The summed E-state index contributed by atoms with van der Waals surface area (Å²) >= 11 is 0. The van der Waals surface area contributed by atoms with Gasteiger partial charge in [0.1, 0.15) is 23.1 Å². The van der Waals surface area contributed by atoms with Crippen LogP contribution < -0.4 is 0 Å². The summed E-state index contributed by atoms with van der Waals surface area (Å²) in [4.78, 5) is 4.21. The lowest BCUT2D eigenvalue weighted by atomic mass is 9.78. The average molecular weight is 559 g/mol. The van der Waals surface area contributed by atoms with E-state index < -0.39 is 10.8 Å². The van der Waals surface area contributed by atoms with Crippen molar-refractivity contribution in [2.45, 2.75) is 124 Å². The molecule has 3 rings (SSSR count). The minimum Gasteiger partial charge on any atom is -0.507 e. The lowest BCUT2D eigenvalue weighted by molar-refractivity contribution is 0.0714. The third-order valence-electron chi connectivity index (χ3n) is 8.01. The fourth-order valence-corrected chi connectivity index (χ4v) is 5.58. The molecule has 0 bridgehead atoms. The van der Waals surface area contributed by atoms with Crippen LogP contribution in [0.4, 0.5) is 8.78 Å². The number of hydrogen-bond acceptors (Lipinski definition) is 4. The lowest BCUT2D eigenvalue weighted by Gasteiger charge is -2.37. The molecule has 0 atom stereocenters. The Balaban J connectivity index is 1.98. The van der Waals surface area contributed by atoms with Gasteiger partial charge >= 0.3 is 0 Å². The zero-order chi connectivity index (χ0) is 30.6. The highest BCUT2D eigenvalue weighted by Crippen LogP contribution is 2.42. The zero-order valence-electron chi connectivity index (χ0n) is 26.9. The maximum Gasteiger partial charge on any atom is 0.135 e. The van der Waals surface area contributed by atoms with E-state index in [2.05, 4.69) is 9.80 Å². The third kappa shape index (κ3) is 6.82. The van der Waals surface area contributed by atoms with Crippen LogP contribution >= 0.6 is 0 Å². The minimum absolute atomic E-state index is 0.0199. The first-order valence-corrected chi connectivity index (χ1v) is 14.6. The normalized spacial score (nSPS) is 16.6. The molecule has 40 heavy (non-hydrogen) atoms. The van der Waals surface area contributed by atoms with E-state index in [0.29, 0.717) is 28.9 Å². The fourth-order valence-electron chi connectivity index (χ4n) is 5.58. The van der Waals surface area contributed by atoms with Gasteiger partial charge in [0.25, 0.3) is 0 Å². The van der Waals surface area contributed by atoms with Gasteiger partial charge in [-0.15, -0.1) is 0 Å². The van der Waals surface area contributed by atoms with Gasteiger partial charge in [-0.25, -0.2) is 8.78 Å². The SMILES string of the molecule is CC(C)(C)c1cc(C(C)(C)C)c(F)c(CN2CCCN(Cc3c(O)c(C(C)(C)C)cc(C(C)(C)C)c3F)C2)c1O. The van der Waals surface area contributed by atoms with Crippen LogP contribution in [0, 0.1) is 11.6 Å². The molecule has 0 aliphatic carbocycles. The maximum absolute atomic E-state index is 15.9. The first-order chi connectivity index (χ1) is 18.0. The quantitative estimate of drug-likeness (QED) is 0.397. The van der Waals surface area contributed by atoms with Crippen molar-refractivity contribution in [2.75, 3.05) is 19.8 Å². The van der Waals surface area contributed by atoms with Gasteiger partial charge in [0.15, 0.2) is 0 Å². The Labute approximate surface area is 241 Å². The highest BCUT2D eigenvalue weighted by molar-refractivity contribution is 5.51. The van der Waals surface area contributed by atoms with Crippen molar-refractivity contribution in [1.82, 2.24) is 9.80 Å². The second-order valence-electron chi connectivity index (χ2n) is 15.8. The van der Waals surface area contributed by atoms with E-state index in [4.69, 9.17) is 0 Å². The van der Waals surface area contributed by atoms with Crippen molar-refractivity contribution in [1.29, 1.82) is 0 Å². The summed E-state index contributed by atoms with van der Waals surface area (Å²) in [6.45, 7) is 26.5. The molecule has 0 amide bonds. The summed E-state index contributed by atoms with van der Waals surface area (Å²) in [6.07, 6.45) is 0.820. The van der Waals surface area contributed by atoms with Crippen LogP contribution in [0.15, 0.2) is 12.1 Å². The van der Waals surface area contributed by atoms with E-state index >= 15 is 8.78 Å². The highest BCUT2D eigenvalue weighted by Gasteiger charge is 2.33. The molecule has 1 aliphatic rings. The standard InChI is InChI=1S/C34H52F2N2O2/c1-31(2,3)23-16-25(33(7,8)9)29(39)21(27(23)35)18-37-14-13-15-38(20-37)19-22-28(36)24(32(4,5)6)17-26(30(22)40)34(10,11)12/h16-17,39-40H,13-15,18-20H2,1-12H3. The maximum atomic E-state index is 15.9. The monoisotopic (exact) mass is 558 g/mol. The topological polar surface area (TPSA) is 46.9 Å². The largest absolute Gasteiger partial charge is 0.507 e. The van der Waals surface area contributed by atoms with E-state index in [9.17, 15) is 10.2 Å². The van der Waals surface area contributed by atoms with Crippen LogP contribution in [0.2, 0.25) is 0 Å². The van der Waals surface area contributed by atoms with Crippen molar-refractivity contribution < 1.29 is 19.0 Å². The summed E-state index contributed by atoms with van der Waals surface area (Å²) in [5.74, 6) is -0.670. The molecule has 6 heteroatoms. The Morgan fingerprint density at radius 2 is 0.875 bits per heavy atom. The van der Waals surface area contributed by atoms with Gasteiger partial charge in [-0.1, -0.05) is 83.1 Å². The number of hydrogen-bond donors (Lipinski definition) is 2. The van der Waals surface area contributed by atoms with Gasteiger partial charge in [-0.05, 0) is 51.3 Å². The summed E-state index contributed by atoms with van der Waals surface area (Å²) < 4.78 is 31.9. The van der Waals surface area contributed by atoms with Gasteiger partial charge < -0.3 is 10.2 Å². The number of rotatable bonds is 4. The zero-order valence-corrected chi connectivity index (χ0v) is 26.9. The Morgan fingerprint density at radius 3 is 1.15 bits per heavy atom. The molecule has 0 aromatic heterocycles. The molecule has 4 nitrogen and oxygen atoms in total. The molecule has 2 aromatic carbocycles. The molecular weight excluding hydrogens is 506 g/mol. The number of nitrogens with zero attached hydrogens (tertiary/aromatic N) is 2. The Hall–Kier alpha value is -2.18. The number of phenolic OH excluding ortho intramolecular Hbond substituents is 2. The molecule has 0 radical (unpaired) electrons. The predicted molar refractivity (Wildman–Crippen MR) is 161 cm³/mol. The van der Waals surface area contributed by atoms with E-state index in [1.165, 1.54) is 0 Å². The van der Waals surface area contributed by atoms with Crippen LogP contribution in [0.5, 0.6) is 11.5 Å². The molecule has 1 aliphatic heterocycles. The van der Waals surface area contributed by atoms with Crippen LogP contribution in [0.25, 0.3) is 0 Å². The second-order valence-corrected chi connectivity index (χ2v) is 15.8. The molecule has 2 N–H and O–H groups in total. The Bertz CT molecular complexity index is 1070. The molecule has 1 heterocycles. The summed E-state index contributed by atoms with van der Waals surface area (Å²) in [5.41, 5.74) is 1.77. The Kier molecular flexibility index (Phi) is 8.82. The smallest absolute Gasteiger partial charge is 0.135 e. The van der Waals surface area contributed by atoms with Gasteiger partial charge in [0.05, 0.1) is 6.67 Å². The molecule has 0 unspecified atom stereocenters. The van der Waals surface area contributed by atoms with Crippen LogP contribution in [-0.4, -0.2) is 39.8 Å². The molecule has 0 spiro atoms. The van der Waals surface area contributed by atoms with Gasteiger partial charge in [-0.2, -0.15) is 0 Å². The molecule has 1 fully saturated rings. The lowest BCUT2D eigenvalue weighted by Crippen LogP contribution is -2.44. The van der Waals surface area contributed by atoms with Crippen LogP contribution in [0.1, 0.15) is 123 Å². The summed E-state index contributed by atoms with van der Waals surface area (Å²) in [7, 11) is 0. The third-order valence-corrected chi connectivity index (χ3v) is 8.01. The van der Waals surface area contributed by atoms with Crippen molar-refractivity contribution in [2.24, 2.45) is 0 Å². The minimum atomic E-state index is -0.418. The highest BCUT2D eigenvalue weighted by atomic mass is 19.1. The first kappa shape index (κ1) is 32.3. The second kappa shape index (κ2) is 10.9. The fraction of sp³-hybridized carbons (Fsp3) is 0.647. The molecule has 1 saturated heterocycles. The van der Waals surface area contributed by atoms with Crippen molar-refractivity contribution in [3.8, 4) is 11.5 Å². The van der Waals surface area contributed by atoms with Gasteiger partial charge in [-0.3, -0.25) is 9.80 Å². The van der Waals surface area contributed by atoms with E-state index in [1.54, 1.807) is 0 Å². The number of phenols is 2. The summed E-state index contributed by atoms with van der Waals surface area (Å²) in [5, 5.41) is 22.5. The van der Waals surface area contributed by atoms with Gasteiger partial charge in [0.2, 0.25) is 0 Å². The first-order valence-electron chi connectivity index (χ1n) is 14.6. The number of benzene rings is 2. The predicted octanol–water partition coefficient (Wildman–Crippen LogP) is 8.23. The van der Waals surface area contributed by atoms with E-state index in [1.807, 2.05) is 95.2 Å².